The number of hydrogen-bond donors (Lipinski definition) is 1. The van der Waals surface area contributed by atoms with Crippen molar-refractivity contribution in [1.82, 2.24) is 5.32 Å². The molecule has 0 aliphatic carbocycles. The van der Waals surface area contributed by atoms with E-state index in [1.807, 2.05) is 0 Å². The van der Waals surface area contributed by atoms with Crippen molar-refractivity contribution < 1.29 is 4.74 Å². The minimum absolute atomic E-state index is 0.894. The van der Waals surface area contributed by atoms with Gasteiger partial charge in [-0.2, -0.15) is 0 Å². The molecule has 1 N–H and O–H groups in total. The Morgan fingerprint density at radius 3 is 2.50 bits per heavy atom. The third-order valence-corrected chi connectivity index (χ3v) is 2.90. The van der Waals surface area contributed by atoms with Gasteiger partial charge in [0.15, 0.2) is 0 Å². The summed E-state index contributed by atoms with van der Waals surface area (Å²) in [6.45, 7) is 6.14. The van der Waals surface area contributed by atoms with E-state index in [4.69, 9.17) is 4.74 Å². The van der Waals surface area contributed by atoms with E-state index < -0.39 is 0 Å². The lowest BCUT2D eigenvalue weighted by molar-refractivity contribution is 0.132. The third-order valence-electron chi connectivity index (χ3n) is 2.90. The Kier molecular flexibility index (Phi) is 9.49. The number of rotatable bonds is 11. The maximum atomic E-state index is 5.43. The number of hydrogen-bond acceptors (Lipinski definition) is 2. The smallest absolute Gasteiger partial charge is 0.0478 e. The average molecular weight is 249 g/mol. The first-order chi connectivity index (χ1) is 8.93. The van der Waals surface area contributed by atoms with Gasteiger partial charge in [0, 0.05) is 13.2 Å². The zero-order valence-corrected chi connectivity index (χ0v) is 11.7. The van der Waals surface area contributed by atoms with E-state index in [0.717, 1.165) is 39.1 Å². The lowest BCUT2D eigenvalue weighted by Crippen LogP contribution is -2.18. The van der Waals surface area contributed by atoms with E-state index in [9.17, 15) is 0 Å². The van der Waals surface area contributed by atoms with Crippen LogP contribution in [0.2, 0.25) is 0 Å². The van der Waals surface area contributed by atoms with Crippen molar-refractivity contribution in [3.8, 4) is 0 Å². The summed E-state index contributed by atoms with van der Waals surface area (Å²) in [5.74, 6) is 0. The van der Waals surface area contributed by atoms with Crippen molar-refractivity contribution in [3.63, 3.8) is 0 Å². The van der Waals surface area contributed by atoms with Gasteiger partial charge in [0.2, 0.25) is 0 Å². The van der Waals surface area contributed by atoms with Crippen LogP contribution >= 0.6 is 0 Å². The highest BCUT2D eigenvalue weighted by Gasteiger charge is 1.93. The van der Waals surface area contributed by atoms with Crippen molar-refractivity contribution in [2.75, 3.05) is 26.3 Å². The van der Waals surface area contributed by atoms with E-state index in [1.165, 1.54) is 24.8 Å². The second-order valence-electron chi connectivity index (χ2n) is 4.66. The summed E-state index contributed by atoms with van der Waals surface area (Å²) < 4.78 is 5.43. The summed E-state index contributed by atoms with van der Waals surface area (Å²) in [4.78, 5) is 0. The molecule has 0 saturated heterocycles. The number of unbranched alkanes of at least 4 members (excludes halogenated alkanes) is 1. The molecule has 0 unspecified atom stereocenters. The van der Waals surface area contributed by atoms with Crippen LogP contribution in [0.4, 0.5) is 0 Å². The van der Waals surface area contributed by atoms with Crippen molar-refractivity contribution in [3.05, 3.63) is 35.9 Å². The molecule has 0 amide bonds. The van der Waals surface area contributed by atoms with Crippen LogP contribution in [0.25, 0.3) is 0 Å². The molecule has 0 fully saturated rings. The van der Waals surface area contributed by atoms with Gasteiger partial charge in [-0.3, -0.25) is 0 Å². The van der Waals surface area contributed by atoms with Crippen molar-refractivity contribution in [1.29, 1.82) is 0 Å². The van der Waals surface area contributed by atoms with Crippen molar-refractivity contribution in [2.45, 2.75) is 39.0 Å². The normalized spacial score (nSPS) is 10.7. The molecule has 0 aromatic heterocycles. The van der Waals surface area contributed by atoms with Gasteiger partial charge in [-0.25, -0.2) is 0 Å². The van der Waals surface area contributed by atoms with E-state index in [-0.39, 0.29) is 0 Å². The van der Waals surface area contributed by atoms with E-state index in [1.54, 1.807) is 0 Å². The molecule has 1 aromatic carbocycles. The zero-order chi connectivity index (χ0) is 12.9. The molecule has 1 aromatic rings. The summed E-state index contributed by atoms with van der Waals surface area (Å²) in [6, 6.07) is 10.7. The number of benzene rings is 1. The van der Waals surface area contributed by atoms with Crippen LogP contribution in [0.3, 0.4) is 0 Å². The first-order valence-electron chi connectivity index (χ1n) is 7.26. The molecule has 0 bridgehead atoms. The molecule has 0 spiro atoms. The van der Waals surface area contributed by atoms with E-state index >= 15 is 0 Å². The second-order valence-corrected chi connectivity index (χ2v) is 4.66. The molecule has 0 heterocycles. The summed E-state index contributed by atoms with van der Waals surface area (Å²) >= 11 is 0. The minimum Gasteiger partial charge on any atom is -0.381 e. The number of nitrogens with one attached hydrogen (secondary N) is 1. The maximum absolute atomic E-state index is 5.43. The molecule has 0 radical (unpaired) electrons. The fourth-order valence-corrected chi connectivity index (χ4v) is 1.89. The molecular weight excluding hydrogens is 222 g/mol. The molecule has 0 aliphatic rings. The lowest BCUT2D eigenvalue weighted by atomic mass is 10.1. The minimum atomic E-state index is 0.894. The van der Waals surface area contributed by atoms with Crippen molar-refractivity contribution in [2.24, 2.45) is 0 Å². The SMILES string of the molecule is CCCOCCCNCCCCc1ccccc1. The first kappa shape index (κ1) is 15.2. The Labute approximate surface area is 112 Å². The largest absolute Gasteiger partial charge is 0.381 e. The number of aryl methyl sites for hydroxylation is 1. The Balaban J connectivity index is 1.82. The molecular formula is C16H27NO. The molecule has 0 atom stereocenters. The molecule has 0 aliphatic heterocycles. The van der Waals surface area contributed by atoms with Gasteiger partial charge in [0.05, 0.1) is 0 Å². The molecule has 1 rings (SSSR count). The van der Waals surface area contributed by atoms with Gasteiger partial charge in [0.1, 0.15) is 0 Å². The summed E-state index contributed by atoms with van der Waals surface area (Å²) in [7, 11) is 0. The zero-order valence-electron chi connectivity index (χ0n) is 11.7. The molecule has 2 nitrogen and oxygen atoms in total. The van der Waals surface area contributed by atoms with Crippen LogP contribution in [-0.4, -0.2) is 26.3 Å². The molecule has 18 heavy (non-hydrogen) atoms. The van der Waals surface area contributed by atoms with Gasteiger partial charge in [-0.05, 0) is 50.8 Å². The number of ether oxygens (including phenoxy) is 1. The lowest BCUT2D eigenvalue weighted by Gasteiger charge is -2.05. The highest BCUT2D eigenvalue weighted by Crippen LogP contribution is 2.03. The first-order valence-corrected chi connectivity index (χ1v) is 7.26. The predicted molar refractivity (Wildman–Crippen MR) is 78.0 cm³/mol. The average Bonchev–Trinajstić information content (AvgIpc) is 2.42. The maximum Gasteiger partial charge on any atom is 0.0478 e. The van der Waals surface area contributed by atoms with Gasteiger partial charge >= 0.3 is 0 Å². The van der Waals surface area contributed by atoms with Crippen LogP contribution in [0.1, 0.15) is 38.2 Å². The van der Waals surface area contributed by atoms with E-state index in [2.05, 4.69) is 42.6 Å². The quantitative estimate of drug-likeness (QED) is 0.607. The standard InChI is InChI=1S/C16H27NO/c1-2-14-18-15-8-13-17-12-7-6-11-16-9-4-3-5-10-16/h3-5,9-10,17H,2,6-8,11-15H2,1H3. The Morgan fingerprint density at radius 1 is 0.944 bits per heavy atom. The second kappa shape index (κ2) is 11.2. The van der Waals surface area contributed by atoms with Crippen LogP contribution in [-0.2, 0) is 11.2 Å². The van der Waals surface area contributed by atoms with Crippen LogP contribution < -0.4 is 5.32 Å². The molecule has 102 valence electrons. The monoisotopic (exact) mass is 249 g/mol. The van der Waals surface area contributed by atoms with Gasteiger partial charge in [0.25, 0.3) is 0 Å². The highest BCUT2D eigenvalue weighted by atomic mass is 16.5. The summed E-state index contributed by atoms with van der Waals surface area (Å²) in [5, 5.41) is 3.47. The predicted octanol–water partition coefficient (Wildman–Crippen LogP) is 3.42. The van der Waals surface area contributed by atoms with Crippen LogP contribution in [0.15, 0.2) is 30.3 Å². The third kappa shape index (κ3) is 8.26. The van der Waals surface area contributed by atoms with Gasteiger partial charge in [-0.15, -0.1) is 0 Å². The highest BCUT2D eigenvalue weighted by molar-refractivity contribution is 5.14. The van der Waals surface area contributed by atoms with Gasteiger partial charge in [-0.1, -0.05) is 37.3 Å². The molecule has 0 saturated carbocycles. The molecule has 2 heteroatoms. The Bertz CT molecular complexity index is 274. The van der Waals surface area contributed by atoms with E-state index in [0.29, 0.717) is 0 Å². The fraction of sp³-hybridized carbons (Fsp3) is 0.625. The van der Waals surface area contributed by atoms with Crippen LogP contribution in [0, 0.1) is 0 Å². The van der Waals surface area contributed by atoms with Gasteiger partial charge < -0.3 is 10.1 Å². The Morgan fingerprint density at radius 2 is 1.72 bits per heavy atom. The summed E-state index contributed by atoms with van der Waals surface area (Å²) in [5.41, 5.74) is 1.45. The topological polar surface area (TPSA) is 21.3 Å². The summed E-state index contributed by atoms with van der Waals surface area (Å²) in [6.07, 6.45) is 5.96. The van der Waals surface area contributed by atoms with Crippen LogP contribution in [0.5, 0.6) is 0 Å². The van der Waals surface area contributed by atoms with Crippen molar-refractivity contribution >= 4 is 0 Å². The fourth-order valence-electron chi connectivity index (χ4n) is 1.89. The Hall–Kier alpha value is -0.860.